The number of aryl methyl sites for hydroxylation is 1. The molecule has 0 fully saturated rings. The molecule has 1 N–H and O–H groups in total. The van der Waals surface area contributed by atoms with Crippen LogP contribution in [-0.2, 0) is 0 Å². The molecule has 1 amide bonds. The number of benzene rings is 2. The molecular formula is C20H17F2N3O3. The van der Waals surface area contributed by atoms with E-state index in [0.29, 0.717) is 11.4 Å². The Morgan fingerprint density at radius 3 is 2.57 bits per heavy atom. The molecule has 3 aromatic rings. The van der Waals surface area contributed by atoms with Gasteiger partial charge in [-0.1, -0.05) is 12.1 Å². The highest BCUT2D eigenvalue weighted by atomic mass is 19.1. The largest absolute Gasteiger partial charge is 0.492 e. The van der Waals surface area contributed by atoms with Crippen LogP contribution >= 0.6 is 0 Å². The van der Waals surface area contributed by atoms with Crippen LogP contribution in [0.2, 0.25) is 0 Å². The molecule has 0 radical (unpaired) electrons. The molecule has 8 heteroatoms. The highest BCUT2D eigenvalue weighted by Gasteiger charge is 2.16. The van der Waals surface area contributed by atoms with Gasteiger partial charge in [0.05, 0.1) is 6.54 Å². The fourth-order valence-corrected chi connectivity index (χ4v) is 2.52. The van der Waals surface area contributed by atoms with E-state index in [0.717, 1.165) is 0 Å². The lowest BCUT2D eigenvalue weighted by molar-refractivity contribution is 0.0939. The number of hydrogen-bond acceptors (Lipinski definition) is 4. The first-order valence-corrected chi connectivity index (χ1v) is 8.48. The second kappa shape index (κ2) is 8.43. The monoisotopic (exact) mass is 385 g/mol. The fourth-order valence-electron chi connectivity index (χ4n) is 2.52. The van der Waals surface area contributed by atoms with Gasteiger partial charge in [-0.2, -0.15) is 5.10 Å². The van der Waals surface area contributed by atoms with Crippen molar-refractivity contribution in [1.29, 1.82) is 0 Å². The van der Waals surface area contributed by atoms with E-state index in [9.17, 15) is 18.4 Å². The lowest BCUT2D eigenvalue weighted by Gasteiger charge is -2.12. The van der Waals surface area contributed by atoms with Crippen molar-refractivity contribution in [3.8, 4) is 11.4 Å². The smallest absolute Gasteiger partial charge is 0.275 e. The van der Waals surface area contributed by atoms with Gasteiger partial charge < -0.3 is 10.1 Å². The van der Waals surface area contributed by atoms with Gasteiger partial charge in [-0.15, -0.1) is 0 Å². The Labute approximate surface area is 159 Å². The first-order valence-electron chi connectivity index (χ1n) is 8.48. The molecule has 3 rings (SSSR count). The van der Waals surface area contributed by atoms with Crippen LogP contribution in [0.5, 0.6) is 5.75 Å². The lowest BCUT2D eigenvalue weighted by atomic mass is 10.2. The normalized spacial score (nSPS) is 10.5. The highest BCUT2D eigenvalue weighted by Crippen LogP contribution is 2.13. The maximum absolute atomic E-state index is 14.0. The van der Waals surface area contributed by atoms with Gasteiger partial charge in [0.2, 0.25) is 5.43 Å². The molecule has 0 atom stereocenters. The number of ether oxygens (including phenoxy) is 1. The third-order valence-electron chi connectivity index (χ3n) is 3.87. The maximum Gasteiger partial charge on any atom is 0.275 e. The Bertz CT molecular complexity index is 1050. The minimum absolute atomic E-state index is 0.102. The third kappa shape index (κ3) is 4.40. The van der Waals surface area contributed by atoms with E-state index in [-0.39, 0.29) is 30.4 Å². The summed E-state index contributed by atoms with van der Waals surface area (Å²) in [6, 6.07) is 12.6. The predicted molar refractivity (Wildman–Crippen MR) is 98.8 cm³/mol. The van der Waals surface area contributed by atoms with Crippen LogP contribution in [0.15, 0.2) is 59.4 Å². The summed E-state index contributed by atoms with van der Waals surface area (Å²) in [4.78, 5) is 24.5. The Morgan fingerprint density at radius 1 is 1.14 bits per heavy atom. The van der Waals surface area contributed by atoms with Gasteiger partial charge in [0, 0.05) is 11.8 Å². The van der Waals surface area contributed by atoms with E-state index >= 15 is 0 Å². The molecule has 0 spiro atoms. The van der Waals surface area contributed by atoms with E-state index < -0.39 is 17.2 Å². The number of carbonyl (C=O) groups excluding carboxylic acids is 1. The zero-order valence-electron chi connectivity index (χ0n) is 15.0. The number of nitrogens with one attached hydrogen (secondary N) is 1. The van der Waals surface area contributed by atoms with Crippen LogP contribution in [-0.4, -0.2) is 28.8 Å². The van der Waals surface area contributed by atoms with E-state index in [1.807, 2.05) is 0 Å². The zero-order chi connectivity index (χ0) is 20.1. The van der Waals surface area contributed by atoms with Gasteiger partial charge in [-0.25, -0.2) is 13.5 Å². The molecule has 0 aliphatic carbocycles. The summed E-state index contributed by atoms with van der Waals surface area (Å²) in [5.74, 6) is -1.15. The van der Waals surface area contributed by atoms with Crippen molar-refractivity contribution < 1.29 is 18.3 Å². The number of carbonyl (C=O) groups is 1. The summed E-state index contributed by atoms with van der Waals surface area (Å²) in [6.07, 6.45) is 0. The van der Waals surface area contributed by atoms with Gasteiger partial charge in [0.1, 0.15) is 29.7 Å². The van der Waals surface area contributed by atoms with Crippen molar-refractivity contribution in [3.63, 3.8) is 0 Å². The molecule has 0 bridgehead atoms. The second-order valence-corrected chi connectivity index (χ2v) is 5.92. The summed E-state index contributed by atoms with van der Waals surface area (Å²) >= 11 is 0. The molecule has 0 saturated heterocycles. The summed E-state index contributed by atoms with van der Waals surface area (Å²) in [7, 11) is 0. The summed E-state index contributed by atoms with van der Waals surface area (Å²) in [6.45, 7) is 1.81. The van der Waals surface area contributed by atoms with E-state index in [2.05, 4.69) is 10.4 Å². The summed E-state index contributed by atoms with van der Waals surface area (Å²) < 4.78 is 33.5. The van der Waals surface area contributed by atoms with Crippen LogP contribution in [0.1, 0.15) is 16.2 Å². The number of hydrogen-bond donors (Lipinski definition) is 1. The fraction of sp³-hybridized carbons (Fsp3) is 0.150. The van der Waals surface area contributed by atoms with Crippen molar-refractivity contribution in [2.75, 3.05) is 13.2 Å². The number of aromatic nitrogens is 2. The average molecular weight is 385 g/mol. The van der Waals surface area contributed by atoms with E-state index in [1.54, 1.807) is 13.0 Å². The first kappa shape index (κ1) is 19.2. The molecular weight excluding hydrogens is 368 g/mol. The topological polar surface area (TPSA) is 73.2 Å². The van der Waals surface area contributed by atoms with Crippen molar-refractivity contribution in [2.24, 2.45) is 0 Å². The predicted octanol–water partition coefficient (Wildman–Crippen LogP) is 2.63. The molecule has 144 valence electrons. The van der Waals surface area contributed by atoms with Crippen molar-refractivity contribution in [1.82, 2.24) is 15.1 Å². The lowest BCUT2D eigenvalue weighted by Crippen LogP contribution is -2.34. The number of amides is 1. The minimum Gasteiger partial charge on any atom is -0.492 e. The van der Waals surface area contributed by atoms with Gasteiger partial charge >= 0.3 is 0 Å². The second-order valence-electron chi connectivity index (χ2n) is 5.92. The Balaban J connectivity index is 1.69. The van der Waals surface area contributed by atoms with Gasteiger partial charge in [0.25, 0.3) is 5.91 Å². The highest BCUT2D eigenvalue weighted by molar-refractivity contribution is 5.92. The molecule has 1 aromatic heterocycles. The molecule has 0 saturated carbocycles. The third-order valence-corrected chi connectivity index (χ3v) is 3.87. The number of halogens is 2. The van der Waals surface area contributed by atoms with Crippen LogP contribution < -0.4 is 15.5 Å². The number of nitrogens with zero attached hydrogens (tertiary/aromatic N) is 2. The summed E-state index contributed by atoms with van der Waals surface area (Å²) in [5.41, 5.74) is -0.391. The Morgan fingerprint density at radius 2 is 1.86 bits per heavy atom. The van der Waals surface area contributed by atoms with Crippen LogP contribution in [0.4, 0.5) is 8.78 Å². The van der Waals surface area contributed by atoms with Gasteiger partial charge in [-0.05, 0) is 43.3 Å². The van der Waals surface area contributed by atoms with Gasteiger partial charge in [0.15, 0.2) is 5.69 Å². The first-order chi connectivity index (χ1) is 13.5. The number of rotatable bonds is 6. The van der Waals surface area contributed by atoms with Crippen molar-refractivity contribution in [2.45, 2.75) is 6.92 Å². The zero-order valence-corrected chi connectivity index (χ0v) is 15.0. The molecule has 0 aliphatic rings. The Hall–Kier alpha value is -3.55. The average Bonchev–Trinajstić information content (AvgIpc) is 2.67. The minimum atomic E-state index is -0.696. The van der Waals surface area contributed by atoms with E-state index in [4.69, 9.17) is 4.74 Å². The molecule has 6 nitrogen and oxygen atoms in total. The van der Waals surface area contributed by atoms with E-state index in [1.165, 1.54) is 53.2 Å². The maximum atomic E-state index is 14.0. The molecule has 0 aliphatic heterocycles. The van der Waals surface area contributed by atoms with Crippen LogP contribution in [0, 0.1) is 18.6 Å². The van der Waals surface area contributed by atoms with Crippen LogP contribution in [0.3, 0.4) is 0 Å². The SMILES string of the molecule is Cc1cc(=O)c(C(=O)NCCOc2ccc(F)cc2)nn1-c1ccccc1F. The summed E-state index contributed by atoms with van der Waals surface area (Å²) in [5, 5.41) is 6.55. The number of para-hydroxylation sites is 1. The molecule has 1 heterocycles. The standard InChI is InChI=1S/C20H17F2N3O3/c1-13-12-18(26)19(24-25(13)17-5-3-2-4-16(17)22)20(27)23-10-11-28-15-8-6-14(21)7-9-15/h2-9,12H,10-11H2,1H3,(H,23,27). The van der Waals surface area contributed by atoms with Crippen LogP contribution in [0.25, 0.3) is 5.69 Å². The van der Waals surface area contributed by atoms with Gasteiger partial charge in [-0.3, -0.25) is 9.59 Å². The van der Waals surface area contributed by atoms with Crippen molar-refractivity contribution in [3.05, 3.63) is 87.8 Å². The molecule has 2 aromatic carbocycles. The molecule has 0 unspecified atom stereocenters. The van der Waals surface area contributed by atoms with Crippen molar-refractivity contribution >= 4 is 5.91 Å². The quantitative estimate of drug-likeness (QED) is 0.662. The molecule has 28 heavy (non-hydrogen) atoms. The Kier molecular flexibility index (Phi) is 5.78.